The Morgan fingerprint density at radius 2 is 2.17 bits per heavy atom. The first-order valence-electron chi connectivity index (χ1n) is 3.32. The Bertz CT molecular complexity index is 288. The van der Waals surface area contributed by atoms with Crippen LogP contribution in [0.25, 0.3) is 0 Å². The zero-order valence-electron chi connectivity index (χ0n) is 6.21. The minimum absolute atomic E-state index is 0.206. The molecule has 1 N–H and O–H groups in total. The molecule has 0 heterocycles. The summed E-state index contributed by atoms with van der Waals surface area (Å²) in [4.78, 5) is 10.3. The van der Waals surface area contributed by atoms with Gasteiger partial charge in [0.05, 0.1) is 4.47 Å². The molecule has 0 unspecified atom stereocenters. The van der Waals surface area contributed by atoms with Crippen molar-refractivity contribution in [1.29, 1.82) is 0 Å². The Labute approximate surface area is 78.6 Å². The number of benzene rings is 1. The van der Waals surface area contributed by atoms with Crippen LogP contribution in [0.5, 0.6) is 5.75 Å². The van der Waals surface area contributed by atoms with Gasteiger partial charge in [0, 0.05) is 0 Å². The highest BCUT2D eigenvalue weighted by Gasteiger charge is 2.00. The molecule has 0 fully saturated rings. The van der Waals surface area contributed by atoms with Crippen LogP contribution in [0, 0.1) is 0 Å². The lowest BCUT2D eigenvalue weighted by Crippen LogP contribution is -2.11. The Morgan fingerprint density at radius 3 is 2.75 bits per heavy atom. The molecule has 3 nitrogen and oxygen atoms in total. The highest BCUT2D eigenvalue weighted by atomic mass is 79.9. The summed E-state index contributed by atoms with van der Waals surface area (Å²) in [6, 6.07) is 7.19. The van der Waals surface area contributed by atoms with Crippen molar-refractivity contribution in [2.24, 2.45) is 0 Å². The van der Waals surface area contributed by atoms with E-state index < -0.39 is 5.91 Å². The van der Waals surface area contributed by atoms with Gasteiger partial charge < -0.3 is 4.74 Å². The molecule has 63 valence electrons. The Balaban J connectivity index is 2.63. The molecule has 12 heavy (non-hydrogen) atoms. The van der Waals surface area contributed by atoms with Crippen LogP contribution >= 0.6 is 15.9 Å². The minimum atomic E-state index is -0.731. The molecule has 0 saturated carbocycles. The number of ether oxygens (including phenoxy) is 1. The lowest BCUT2D eigenvalue weighted by atomic mass is 10.3. The number of rotatable bonds is 3. The smallest absolute Gasteiger partial charge is 0.276 e. The quantitative estimate of drug-likeness (QED) is 0.790. The average Bonchev–Trinajstić information content (AvgIpc) is 2.03. The molecule has 1 amide bonds. The summed E-state index contributed by atoms with van der Waals surface area (Å²) in [5, 5.41) is 0. The Kier molecular flexibility index (Phi) is 3.10. The van der Waals surface area contributed by atoms with Gasteiger partial charge >= 0.3 is 0 Å². The number of carbonyl (C=O) groups is 1. The summed E-state index contributed by atoms with van der Waals surface area (Å²) in [6.07, 6.45) is 0. The summed E-state index contributed by atoms with van der Waals surface area (Å²) in [6.45, 7) is -0.206. The second-order valence-corrected chi connectivity index (χ2v) is 3.00. The number of amides is 1. The number of para-hydroxylation sites is 1. The molecule has 1 radical (unpaired) electrons. The van der Waals surface area contributed by atoms with Crippen LogP contribution in [-0.4, -0.2) is 12.5 Å². The summed E-state index contributed by atoms with van der Waals surface area (Å²) in [5.41, 5.74) is 6.62. The van der Waals surface area contributed by atoms with Gasteiger partial charge in [-0.3, -0.25) is 10.5 Å². The Morgan fingerprint density at radius 1 is 1.50 bits per heavy atom. The van der Waals surface area contributed by atoms with Crippen LogP contribution in [0.1, 0.15) is 0 Å². The maximum Gasteiger partial charge on any atom is 0.276 e. The average molecular weight is 229 g/mol. The van der Waals surface area contributed by atoms with Gasteiger partial charge in [-0.2, -0.15) is 0 Å². The molecule has 0 bridgehead atoms. The van der Waals surface area contributed by atoms with Crippen molar-refractivity contribution in [2.45, 2.75) is 0 Å². The minimum Gasteiger partial charge on any atom is -0.483 e. The van der Waals surface area contributed by atoms with Gasteiger partial charge in [-0.25, -0.2) is 0 Å². The van der Waals surface area contributed by atoms with E-state index in [1.165, 1.54) is 0 Å². The van der Waals surface area contributed by atoms with E-state index in [-0.39, 0.29) is 6.61 Å². The number of halogens is 1. The summed E-state index contributed by atoms with van der Waals surface area (Å²) in [5.74, 6) is -0.149. The van der Waals surface area contributed by atoms with Gasteiger partial charge in [0.1, 0.15) is 5.75 Å². The lowest BCUT2D eigenvalue weighted by Gasteiger charge is -2.03. The van der Waals surface area contributed by atoms with Crippen molar-refractivity contribution >= 4 is 21.8 Å². The van der Waals surface area contributed by atoms with E-state index in [1.54, 1.807) is 12.1 Å². The number of hydrogen-bond acceptors (Lipinski definition) is 2. The molecule has 1 aromatic carbocycles. The molecule has 0 aromatic heterocycles. The van der Waals surface area contributed by atoms with E-state index in [9.17, 15) is 4.79 Å². The van der Waals surface area contributed by atoms with Crippen LogP contribution in [0.15, 0.2) is 28.7 Å². The molecule has 0 aliphatic rings. The first-order valence-corrected chi connectivity index (χ1v) is 4.11. The fourth-order valence-electron chi connectivity index (χ4n) is 0.705. The third kappa shape index (κ3) is 2.54. The van der Waals surface area contributed by atoms with Gasteiger partial charge in [-0.15, -0.1) is 0 Å². The predicted octanol–water partition coefficient (Wildman–Crippen LogP) is 1.64. The van der Waals surface area contributed by atoms with E-state index in [4.69, 9.17) is 10.5 Å². The first-order chi connectivity index (χ1) is 5.70. The second-order valence-electron chi connectivity index (χ2n) is 2.14. The van der Waals surface area contributed by atoms with Gasteiger partial charge in [0.25, 0.3) is 5.91 Å². The van der Waals surface area contributed by atoms with Crippen molar-refractivity contribution in [3.8, 4) is 5.75 Å². The zero-order chi connectivity index (χ0) is 8.97. The standard InChI is InChI=1S/C8H7BrNO2/c9-6-3-1-2-4-7(6)12-5-8(10)11/h1-4,10H,5H2. The fourth-order valence-corrected chi connectivity index (χ4v) is 1.10. The lowest BCUT2D eigenvalue weighted by molar-refractivity contribution is -0.120. The van der Waals surface area contributed by atoms with E-state index in [0.29, 0.717) is 5.75 Å². The van der Waals surface area contributed by atoms with Crippen molar-refractivity contribution in [1.82, 2.24) is 5.73 Å². The van der Waals surface area contributed by atoms with E-state index in [1.807, 2.05) is 12.1 Å². The van der Waals surface area contributed by atoms with Crippen LogP contribution < -0.4 is 10.5 Å². The number of carbonyl (C=O) groups excluding carboxylic acids is 1. The molecule has 1 aromatic rings. The van der Waals surface area contributed by atoms with Crippen molar-refractivity contribution in [2.75, 3.05) is 6.61 Å². The molecule has 0 atom stereocenters. The largest absolute Gasteiger partial charge is 0.483 e. The molecular formula is C8H7BrNO2. The normalized spacial score (nSPS) is 9.42. The van der Waals surface area contributed by atoms with Crippen LogP contribution in [0.2, 0.25) is 0 Å². The molecule has 4 heteroatoms. The highest BCUT2D eigenvalue weighted by molar-refractivity contribution is 9.10. The van der Waals surface area contributed by atoms with Crippen molar-refractivity contribution in [3.05, 3.63) is 28.7 Å². The topological polar surface area (TPSA) is 50.1 Å². The Hall–Kier alpha value is -1.03. The zero-order valence-corrected chi connectivity index (χ0v) is 7.80. The molecule has 0 aliphatic heterocycles. The van der Waals surface area contributed by atoms with Crippen molar-refractivity contribution < 1.29 is 9.53 Å². The van der Waals surface area contributed by atoms with Gasteiger partial charge in [0.2, 0.25) is 0 Å². The highest BCUT2D eigenvalue weighted by Crippen LogP contribution is 2.23. The fraction of sp³-hybridized carbons (Fsp3) is 0.125. The van der Waals surface area contributed by atoms with Gasteiger partial charge in [-0.05, 0) is 28.1 Å². The maximum absolute atomic E-state index is 10.3. The SMILES string of the molecule is [NH]C(=O)COc1ccccc1Br. The van der Waals surface area contributed by atoms with Crippen LogP contribution in [0.4, 0.5) is 0 Å². The predicted molar refractivity (Wildman–Crippen MR) is 47.7 cm³/mol. The summed E-state index contributed by atoms with van der Waals surface area (Å²) >= 11 is 3.25. The van der Waals surface area contributed by atoms with E-state index in [2.05, 4.69) is 15.9 Å². The third-order valence-electron chi connectivity index (χ3n) is 1.20. The van der Waals surface area contributed by atoms with E-state index >= 15 is 0 Å². The molecule has 0 saturated heterocycles. The second kappa shape index (κ2) is 4.11. The van der Waals surface area contributed by atoms with Gasteiger partial charge in [-0.1, -0.05) is 12.1 Å². The third-order valence-corrected chi connectivity index (χ3v) is 1.85. The number of nitrogens with one attached hydrogen (secondary N) is 1. The molecular weight excluding hydrogens is 222 g/mol. The van der Waals surface area contributed by atoms with Crippen LogP contribution in [-0.2, 0) is 4.79 Å². The molecule has 0 spiro atoms. The summed E-state index contributed by atoms with van der Waals surface area (Å²) in [7, 11) is 0. The first kappa shape index (κ1) is 9.06. The summed E-state index contributed by atoms with van der Waals surface area (Å²) < 4.78 is 5.80. The maximum atomic E-state index is 10.3. The van der Waals surface area contributed by atoms with E-state index in [0.717, 1.165) is 4.47 Å². The van der Waals surface area contributed by atoms with Crippen LogP contribution in [0.3, 0.4) is 0 Å². The molecule has 0 aliphatic carbocycles. The molecule has 1 rings (SSSR count). The van der Waals surface area contributed by atoms with Gasteiger partial charge in [0.15, 0.2) is 6.61 Å². The number of hydrogen-bond donors (Lipinski definition) is 0. The monoisotopic (exact) mass is 228 g/mol. The van der Waals surface area contributed by atoms with Crippen molar-refractivity contribution in [3.63, 3.8) is 0 Å².